The van der Waals surface area contributed by atoms with Crippen LogP contribution < -0.4 is 0 Å². The summed E-state index contributed by atoms with van der Waals surface area (Å²) in [5, 5.41) is 11.4. The molecule has 3 fully saturated rings. The third kappa shape index (κ3) is 2.98. The molecule has 0 aliphatic heterocycles. The number of fused-ring (bicyclic) bond motifs is 5. The quantitative estimate of drug-likeness (QED) is 0.619. The molecule has 2 nitrogen and oxygen atoms in total. The number of ketones is 1. The molecule has 0 unspecified atom stereocenters. The fourth-order valence-corrected chi connectivity index (χ4v) is 7.66. The van der Waals surface area contributed by atoms with Crippen molar-refractivity contribution < 1.29 is 9.90 Å². The topological polar surface area (TPSA) is 37.3 Å². The smallest absolute Gasteiger partial charge is 0.178 e. The average molecular weight is 383 g/mol. The Morgan fingerprint density at radius 3 is 2.64 bits per heavy atom. The predicted octanol–water partition coefficient (Wildman–Crippen LogP) is 5.87. The van der Waals surface area contributed by atoms with E-state index in [0.29, 0.717) is 29.6 Å². The molecule has 0 saturated heterocycles. The van der Waals surface area contributed by atoms with Crippen molar-refractivity contribution in [1.82, 2.24) is 0 Å². The van der Waals surface area contributed by atoms with Gasteiger partial charge in [0, 0.05) is 5.41 Å². The fraction of sp³-hybridized carbons (Fsp3) is 0.731. The fourth-order valence-electron chi connectivity index (χ4n) is 7.66. The van der Waals surface area contributed by atoms with Crippen LogP contribution >= 0.6 is 0 Å². The minimum atomic E-state index is -0.721. The zero-order valence-corrected chi connectivity index (χ0v) is 18.4. The molecule has 0 aromatic carbocycles. The molecule has 0 aromatic heterocycles. The highest BCUT2D eigenvalue weighted by molar-refractivity contribution is 6.01. The molecule has 0 spiro atoms. The van der Waals surface area contributed by atoms with Gasteiger partial charge >= 0.3 is 0 Å². The van der Waals surface area contributed by atoms with Crippen molar-refractivity contribution in [3.8, 4) is 0 Å². The van der Waals surface area contributed by atoms with Gasteiger partial charge in [-0.2, -0.15) is 0 Å². The first-order valence-corrected chi connectivity index (χ1v) is 11.4. The van der Waals surface area contributed by atoms with Crippen molar-refractivity contribution in [2.75, 3.05) is 0 Å². The van der Waals surface area contributed by atoms with E-state index in [1.807, 2.05) is 13.0 Å². The van der Waals surface area contributed by atoms with Crippen LogP contribution in [0.25, 0.3) is 0 Å². The molecule has 1 N–H and O–H groups in total. The number of hydrogen-bond donors (Lipinski definition) is 1. The zero-order chi connectivity index (χ0) is 20.3. The van der Waals surface area contributed by atoms with Crippen LogP contribution in [0, 0.1) is 40.4 Å². The monoisotopic (exact) mass is 382 g/mol. The lowest BCUT2D eigenvalue weighted by Gasteiger charge is -2.58. The average Bonchev–Trinajstić information content (AvgIpc) is 2.99. The molecule has 0 bridgehead atoms. The number of aliphatic hydroxyl groups is 1. The van der Waals surface area contributed by atoms with E-state index in [0.717, 1.165) is 12.8 Å². The van der Waals surface area contributed by atoms with Gasteiger partial charge in [-0.05, 0) is 92.6 Å². The largest absolute Gasteiger partial charge is 0.386 e. The van der Waals surface area contributed by atoms with Crippen molar-refractivity contribution in [1.29, 1.82) is 0 Å². The summed E-state index contributed by atoms with van der Waals surface area (Å²) in [7, 11) is 0. The van der Waals surface area contributed by atoms with Crippen LogP contribution in [-0.4, -0.2) is 16.5 Å². The third-order valence-corrected chi connectivity index (χ3v) is 9.08. The molecule has 2 heteroatoms. The van der Waals surface area contributed by atoms with E-state index in [9.17, 15) is 9.90 Å². The van der Waals surface area contributed by atoms with Crippen molar-refractivity contribution >= 4 is 5.78 Å². The van der Waals surface area contributed by atoms with Gasteiger partial charge in [-0.25, -0.2) is 0 Å². The zero-order valence-electron chi connectivity index (χ0n) is 18.4. The molecule has 7 atom stereocenters. The molecular weight excluding hydrogens is 344 g/mol. The van der Waals surface area contributed by atoms with Crippen LogP contribution in [0.15, 0.2) is 36.0 Å². The summed E-state index contributed by atoms with van der Waals surface area (Å²) in [6, 6.07) is 0. The summed E-state index contributed by atoms with van der Waals surface area (Å²) in [5.74, 6) is 3.03. The lowest BCUT2D eigenvalue weighted by molar-refractivity contribution is -0.111. The maximum Gasteiger partial charge on any atom is 0.178 e. The minimum Gasteiger partial charge on any atom is -0.386 e. The van der Waals surface area contributed by atoms with Gasteiger partial charge in [-0.3, -0.25) is 4.79 Å². The van der Waals surface area contributed by atoms with Crippen LogP contribution in [0.5, 0.6) is 0 Å². The molecule has 0 amide bonds. The molecule has 0 aromatic rings. The van der Waals surface area contributed by atoms with Gasteiger partial charge in [0.05, 0.1) is 5.60 Å². The van der Waals surface area contributed by atoms with Crippen LogP contribution in [0.3, 0.4) is 0 Å². The van der Waals surface area contributed by atoms with E-state index >= 15 is 0 Å². The van der Waals surface area contributed by atoms with E-state index in [4.69, 9.17) is 0 Å². The molecule has 0 heterocycles. The van der Waals surface area contributed by atoms with Crippen molar-refractivity contribution in [3.63, 3.8) is 0 Å². The lowest BCUT2D eigenvalue weighted by atomic mass is 9.47. The van der Waals surface area contributed by atoms with Gasteiger partial charge in [0.15, 0.2) is 5.78 Å². The van der Waals surface area contributed by atoms with Gasteiger partial charge < -0.3 is 5.11 Å². The van der Waals surface area contributed by atoms with Gasteiger partial charge in [0.2, 0.25) is 0 Å². The molecule has 154 valence electrons. The SMILES string of the molecule is CC(C)/C=C/[C@](C)(O)[C@H]1CC[C@H]2[C@@H]3CCC4=CC(=O)C=C[C@]4(C)[C@H]3CC[C@@]21C. The first kappa shape index (κ1) is 20.1. The first-order valence-electron chi connectivity index (χ1n) is 11.4. The van der Waals surface area contributed by atoms with Crippen molar-refractivity contribution in [3.05, 3.63) is 36.0 Å². The highest BCUT2D eigenvalue weighted by atomic mass is 16.3. The van der Waals surface area contributed by atoms with E-state index in [1.165, 1.54) is 31.3 Å². The number of allylic oxidation sites excluding steroid dienone is 5. The van der Waals surface area contributed by atoms with E-state index in [2.05, 4.69) is 45.9 Å². The van der Waals surface area contributed by atoms with Crippen LogP contribution in [-0.2, 0) is 4.79 Å². The summed E-state index contributed by atoms with van der Waals surface area (Å²) in [5.41, 5.74) is 0.932. The number of carbonyl (C=O) groups excluding carboxylic acids is 1. The Morgan fingerprint density at radius 2 is 1.93 bits per heavy atom. The molecule has 3 saturated carbocycles. The summed E-state index contributed by atoms with van der Waals surface area (Å²) in [6.45, 7) is 11.2. The highest BCUT2D eigenvalue weighted by Crippen LogP contribution is 2.67. The van der Waals surface area contributed by atoms with Crippen LogP contribution in [0.2, 0.25) is 0 Å². The van der Waals surface area contributed by atoms with Gasteiger partial charge in [-0.1, -0.05) is 51.5 Å². The van der Waals surface area contributed by atoms with Gasteiger partial charge in [0.25, 0.3) is 0 Å². The third-order valence-electron chi connectivity index (χ3n) is 9.08. The van der Waals surface area contributed by atoms with Gasteiger partial charge in [0.1, 0.15) is 0 Å². The van der Waals surface area contributed by atoms with Crippen molar-refractivity contribution in [2.24, 2.45) is 40.4 Å². The normalized spacial score (nSPS) is 44.8. The summed E-state index contributed by atoms with van der Waals surface area (Å²) in [4.78, 5) is 11.9. The second kappa shape index (κ2) is 6.69. The van der Waals surface area contributed by atoms with E-state index in [-0.39, 0.29) is 16.6 Å². The highest BCUT2D eigenvalue weighted by Gasteiger charge is 2.60. The number of rotatable bonds is 3. The Morgan fingerprint density at radius 1 is 1.18 bits per heavy atom. The molecule has 4 aliphatic carbocycles. The van der Waals surface area contributed by atoms with Crippen LogP contribution in [0.1, 0.15) is 73.1 Å². The molecule has 4 aliphatic rings. The molecule has 0 radical (unpaired) electrons. The molecular formula is C26H38O2. The van der Waals surface area contributed by atoms with Crippen LogP contribution in [0.4, 0.5) is 0 Å². The summed E-state index contributed by atoms with van der Waals surface area (Å²) < 4.78 is 0. The number of hydrogen-bond acceptors (Lipinski definition) is 2. The second-order valence-corrected chi connectivity index (χ2v) is 11.1. The van der Waals surface area contributed by atoms with E-state index < -0.39 is 5.60 Å². The first-order chi connectivity index (χ1) is 13.1. The predicted molar refractivity (Wildman–Crippen MR) is 115 cm³/mol. The standard InChI is InChI=1S/C26H38O2/c1-17(2)10-15-26(5,28)23-9-8-21-20-7-6-18-16-19(27)11-13-24(18,3)22(20)12-14-25(21,23)4/h10-11,13,15-17,20-23,28H,6-9,12,14H2,1-5H3/b15-10+/t20-,21-,22-,23-,24-,25-,26-/m0/s1. The second-order valence-electron chi connectivity index (χ2n) is 11.1. The Kier molecular flexibility index (Phi) is 4.81. The Balaban J connectivity index is 1.62. The number of carbonyl (C=O) groups is 1. The molecule has 4 rings (SSSR count). The Labute approximate surface area is 171 Å². The Bertz CT molecular complexity index is 740. The molecule has 28 heavy (non-hydrogen) atoms. The summed E-state index contributed by atoms with van der Waals surface area (Å²) in [6.07, 6.45) is 17.3. The maximum atomic E-state index is 11.9. The maximum absolute atomic E-state index is 11.9. The van der Waals surface area contributed by atoms with E-state index in [1.54, 1.807) is 6.08 Å². The lowest BCUT2D eigenvalue weighted by Crippen LogP contribution is -2.52. The summed E-state index contributed by atoms with van der Waals surface area (Å²) >= 11 is 0. The Hall–Kier alpha value is -1.15. The minimum absolute atomic E-state index is 0.0658. The van der Waals surface area contributed by atoms with Crippen molar-refractivity contribution in [2.45, 2.75) is 78.7 Å². The van der Waals surface area contributed by atoms with Gasteiger partial charge in [-0.15, -0.1) is 0 Å².